The molecule has 0 saturated heterocycles. The molecule has 0 bridgehead atoms. The molecule has 114 valence electrons. The Balaban J connectivity index is 2.27. The van der Waals surface area contributed by atoms with E-state index in [0.29, 0.717) is 5.82 Å². The van der Waals surface area contributed by atoms with Gasteiger partial charge in [-0.1, -0.05) is 0 Å². The van der Waals surface area contributed by atoms with Crippen molar-refractivity contribution in [3.63, 3.8) is 0 Å². The van der Waals surface area contributed by atoms with Crippen LogP contribution in [0.4, 0.5) is 0 Å². The number of carboxylic acids is 1. The van der Waals surface area contributed by atoms with Gasteiger partial charge in [0.2, 0.25) is 10.0 Å². The van der Waals surface area contributed by atoms with Gasteiger partial charge < -0.3 is 10.1 Å². The molecule has 0 unspecified atom stereocenters. The number of aromatic nitrogens is 4. The van der Waals surface area contributed by atoms with Crippen molar-refractivity contribution >= 4 is 16.0 Å². The van der Waals surface area contributed by atoms with Crippen molar-refractivity contribution in [2.24, 2.45) is 0 Å². The molecule has 0 fully saturated rings. The van der Waals surface area contributed by atoms with Gasteiger partial charge in [-0.15, -0.1) is 0 Å². The number of nitrogens with zero attached hydrogens (tertiary/aromatic N) is 3. The fourth-order valence-corrected chi connectivity index (χ4v) is 3.38. The number of carbonyl (C=O) groups is 1. The van der Waals surface area contributed by atoms with Crippen LogP contribution in [0.1, 0.15) is 17.2 Å². The Hall–Kier alpha value is -2.20. The van der Waals surface area contributed by atoms with Gasteiger partial charge >= 0.3 is 5.97 Å². The summed E-state index contributed by atoms with van der Waals surface area (Å²) in [6, 6.07) is 0. The van der Waals surface area contributed by atoms with E-state index in [0.717, 1.165) is 4.68 Å². The molecule has 0 spiro atoms. The van der Waals surface area contributed by atoms with Crippen LogP contribution in [0.3, 0.4) is 0 Å². The summed E-state index contributed by atoms with van der Waals surface area (Å²) in [5.74, 6) is -0.611. The minimum absolute atomic E-state index is 0.00435. The van der Waals surface area contributed by atoms with Crippen LogP contribution in [-0.4, -0.2) is 39.2 Å². The first-order chi connectivity index (χ1) is 9.81. The van der Waals surface area contributed by atoms with Crippen LogP contribution >= 0.6 is 0 Å². The summed E-state index contributed by atoms with van der Waals surface area (Å²) in [5.41, 5.74) is 0.530. The van der Waals surface area contributed by atoms with Gasteiger partial charge in [0.15, 0.2) is 0 Å². The second-order valence-corrected chi connectivity index (χ2v) is 6.12. The maximum Gasteiger partial charge on any atom is 0.325 e. The van der Waals surface area contributed by atoms with E-state index in [1.54, 1.807) is 6.20 Å². The Morgan fingerprint density at radius 2 is 2.19 bits per heavy atom. The third-order valence-corrected chi connectivity index (χ3v) is 4.51. The average molecular weight is 313 g/mol. The predicted molar refractivity (Wildman–Crippen MR) is 72.0 cm³/mol. The minimum atomic E-state index is -3.80. The zero-order valence-corrected chi connectivity index (χ0v) is 12.3. The monoisotopic (exact) mass is 313 g/mol. The van der Waals surface area contributed by atoms with Gasteiger partial charge in [0.1, 0.15) is 17.3 Å². The van der Waals surface area contributed by atoms with Gasteiger partial charge in [-0.2, -0.15) is 5.10 Å². The highest BCUT2D eigenvalue weighted by Crippen LogP contribution is 2.19. The van der Waals surface area contributed by atoms with Crippen molar-refractivity contribution in [2.45, 2.75) is 31.8 Å². The average Bonchev–Trinajstić information content (AvgIpc) is 2.96. The summed E-state index contributed by atoms with van der Waals surface area (Å²) in [7, 11) is -3.80. The molecular weight excluding hydrogens is 298 g/mol. The Bertz CT molecular complexity index is 748. The molecule has 0 aromatic carbocycles. The van der Waals surface area contributed by atoms with Gasteiger partial charge in [0, 0.05) is 12.4 Å². The number of nitrogens with one attached hydrogen (secondary N) is 2. The van der Waals surface area contributed by atoms with Crippen LogP contribution in [0.5, 0.6) is 0 Å². The second-order valence-electron chi connectivity index (χ2n) is 4.41. The molecule has 0 aliphatic heterocycles. The number of hydrogen-bond acceptors (Lipinski definition) is 5. The van der Waals surface area contributed by atoms with E-state index in [1.165, 1.54) is 20.0 Å². The number of aryl methyl sites for hydroxylation is 1. The molecule has 3 N–H and O–H groups in total. The molecular formula is C11H15N5O4S. The molecule has 0 radical (unpaired) electrons. The van der Waals surface area contributed by atoms with E-state index in [-0.39, 0.29) is 29.4 Å². The fraction of sp³-hybridized carbons (Fsp3) is 0.364. The highest BCUT2D eigenvalue weighted by Gasteiger charge is 2.25. The number of carboxylic acid groups (broad SMARTS) is 1. The second kappa shape index (κ2) is 5.66. The van der Waals surface area contributed by atoms with Crippen molar-refractivity contribution < 1.29 is 18.3 Å². The predicted octanol–water partition coefficient (Wildman–Crippen LogP) is -0.214. The van der Waals surface area contributed by atoms with E-state index >= 15 is 0 Å². The smallest absolute Gasteiger partial charge is 0.325 e. The largest absolute Gasteiger partial charge is 0.480 e. The van der Waals surface area contributed by atoms with Crippen LogP contribution in [0.15, 0.2) is 17.3 Å². The number of aromatic amines is 1. The lowest BCUT2D eigenvalue weighted by Gasteiger charge is -2.06. The topological polar surface area (TPSA) is 130 Å². The summed E-state index contributed by atoms with van der Waals surface area (Å²) in [6.45, 7) is 2.66. The van der Waals surface area contributed by atoms with Gasteiger partial charge in [-0.25, -0.2) is 18.1 Å². The van der Waals surface area contributed by atoms with Crippen LogP contribution in [0.2, 0.25) is 0 Å². The highest BCUT2D eigenvalue weighted by molar-refractivity contribution is 7.89. The van der Waals surface area contributed by atoms with Crippen LogP contribution in [-0.2, 0) is 27.9 Å². The van der Waals surface area contributed by atoms with E-state index < -0.39 is 16.0 Å². The zero-order chi connectivity index (χ0) is 15.6. The first-order valence-corrected chi connectivity index (χ1v) is 7.53. The molecule has 10 heteroatoms. The van der Waals surface area contributed by atoms with Crippen LogP contribution in [0.25, 0.3) is 0 Å². The van der Waals surface area contributed by atoms with Gasteiger partial charge in [0.05, 0.1) is 17.9 Å². The first-order valence-electron chi connectivity index (χ1n) is 6.05. The lowest BCUT2D eigenvalue weighted by atomic mass is 10.4. The number of aliphatic carboxylic acids is 1. The molecule has 0 atom stereocenters. The Morgan fingerprint density at radius 1 is 1.48 bits per heavy atom. The number of hydrogen-bond donors (Lipinski definition) is 3. The van der Waals surface area contributed by atoms with Crippen molar-refractivity contribution in [1.29, 1.82) is 0 Å². The minimum Gasteiger partial charge on any atom is -0.480 e. The summed E-state index contributed by atoms with van der Waals surface area (Å²) >= 11 is 0. The third kappa shape index (κ3) is 3.28. The zero-order valence-electron chi connectivity index (χ0n) is 11.5. The van der Waals surface area contributed by atoms with Crippen LogP contribution in [0, 0.1) is 13.8 Å². The number of imidazole rings is 1. The molecule has 2 aromatic heterocycles. The molecule has 2 aromatic rings. The lowest BCUT2D eigenvalue weighted by molar-refractivity contribution is -0.137. The molecule has 2 heterocycles. The van der Waals surface area contributed by atoms with Crippen molar-refractivity contribution in [3.8, 4) is 0 Å². The maximum atomic E-state index is 12.3. The highest BCUT2D eigenvalue weighted by atomic mass is 32.2. The molecule has 9 nitrogen and oxygen atoms in total. The fourth-order valence-electron chi connectivity index (χ4n) is 1.98. The number of sulfonamides is 1. The van der Waals surface area contributed by atoms with E-state index in [1.807, 2.05) is 0 Å². The lowest BCUT2D eigenvalue weighted by Crippen LogP contribution is -2.25. The molecule has 0 saturated carbocycles. The van der Waals surface area contributed by atoms with Crippen LogP contribution < -0.4 is 4.72 Å². The van der Waals surface area contributed by atoms with E-state index in [9.17, 15) is 13.2 Å². The van der Waals surface area contributed by atoms with E-state index in [4.69, 9.17) is 5.11 Å². The number of H-pyrrole nitrogens is 1. The molecule has 0 amide bonds. The Morgan fingerprint density at radius 3 is 2.76 bits per heavy atom. The van der Waals surface area contributed by atoms with Crippen molar-refractivity contribution in [3.05, 3.63) is 29.6 Å². The molecule has 21 heavy (non-hydrogen) atoms. The van der Waals surface area contributed by atoms with Gasteiger partial charge in [-0.05, 0) is 13.8 Å². The maximum absolute atomic E-state index is 12.3. The summed E-state index contributed by atoms with van der Waals surface area (Å²) < 4.78 is 28.2. The Labute approximate surface area is 121 Å². The van der Waals surface area contributed by atoms with Crippen molar-refractivity contribution in [2.75, 3.05) is 0 Å². The van der Waals surface area contributed by atoms with E-state index in [2.05, 4.69) is 19.8 Å². The number of rotatable bonds is 6. The molecule has 0 aliphatic rings. The Kier molecular flexibility index (Phi) is 4.09. The van der Waals surface area contributed by atoms with Gasteiger partial charge in [0.25, 0.3) is 0 Å². The molecule has 0 aliphatic carbocycles. The SMILES string of the molecule is Cc1nn(CC(=O)O)c(C)c1S(=O)(=O)NCc1ncc[nH]1. The summed E-state index contributed by atoms with van der Waals surface area (Å²) in [4.78, 5) is 17.4. The quantitative estimate of drug-likeness (QED) is 0.676. The summed E-state index contributed by atoms with van der Waals surface area (Å²) in [6.07, 6.45) is 3.11. The van der Waals surface area contributed by atoms with Crippen molar-refractivity contribution in [1.82, 2.24) is 24.5 Å². The third-order valence-electron chi connectivity index (χ3n) is 2.85. The van der Waals surface area contributed by atoms with Gasteiger partial charge in [-0.3, -0.25) is 9.48 Å². The molecule has 2 rings (SSSR count). The normalized spacial score (nSPS) is 11.7. The standard InChI is InChI=1S/C11H15N5O4S/c1-7-11(8(2)16(15-7)6-10(17)18)21(19,20)14-5-9-12-3-4-13-9/h3-4,14H,5-6H2,1-2H3,(H,12,13)(H,17,18). The first kappa shape index (κ1) is 15.2. The summed E-state index contributed by atoms with van der Waals surface area (Å²) in [5, 5.41) is 12.7.